The van der Waals surface area contributed by atoms with Crippen LogP contribution in [-0.4, -0.2) is 15.1 Å². The molecular formula is C11H8FN6S+. The minimum Gasteiger partial charge on any atom is -0.346 e. The molecule has 0 radical (unpaired) electrons. The Morgan fingerprint density at radius 1 is 1.21 bits per heavy atom. The van der Waals surface area contributed by atoms with Gasteiger partial charge in [0.25, 0.3) is 0 Å². The van der Waals surface area contributed by atoms with E-state index in [-0.39, 0.29) is 17.4 Å². The molecule has 2 aliphatic heterocycles. The van der Waals surface area contributed by atoms with Crippen LogP contribution in [0, 0.1) is 11.2 Å². The predicted molar refractivity (Wildman–Crippen MR) is 66.1 cm³/mol. The minimum absolute atomic E-state index is 0.0394. The van der Waals surface area contributed by atoms with E-state index in [0.29, 0.717) is 10.8 Å². The summed E-state index contributed by atoms with van der Waals surface area (Å²) in [6, 6.07) is 5.96. The van der Waals surface area contributed by atoms with Gasteiger partial charge in [0, 0.05) is 10.9 Å². The third-order valence-electron chi connectivity index (χ3n) is 2.44. The van der Waals surface area contributed by atoms with Gasteiger partial charge in [0.15, 0.2) is 0 Å². The maximum atomic E-state index is 12.9. The summed E-state index contributed by atoms with van der Waals surface area (Å²) in [6.07, 6.45) is 0. The Morgan fingerprint density at radius 3 is 2.68 bits per heavy atom. The SMILES string of the molecule is N=c1nc(N)nc2scc(-c3ccc(F)cc3)n[n+]1-2. The van der Waals surface area contributed by atoms with Crippen LogP contribution in [0.3, 0.4) is 0 Å². The van der Waals surface area contributed by atoms with Gasteiger partial charge in [-0.2, -0.15) is 5.41 Å². The van der Waals surface area contributed by atoms with Gasteiger partial charge in [-0.25, -0.2) is 4.39 Å². The molecule has 0 saturated heterocycles. The van der Waals surface area contributed by atoms with Crippen LogP contribution >= 0.6 is 11.3 Å². The van der Waals surface area contributed by atoms with Crippen molar-refractivity contribution in [3.05, 3.63) is 41.1 Å². The van der Waals surface area contributed by atoms with Crippen LogP contribution < -0.4 is 16.0 Å². The molecule has 0 amide bonds. The van der Waals surface area contributed by atoms with Gasteiger partial charge in [0.2, 0.25) is 0 Å². The second-order valence-electron chi connectivity index (χ2n) is 3.73. The van der Waals surface area contributed by atoms with Crippen LogP contribution in [0.25, 0.3) is 16.4 Å². The molecular weight excluding hydrogens is 267 g/mol. The largest absolute Gasteiger partial charge is 0.406 e. The highest BCUT2D eigenvalue weighted by atomic mass is 32.1. The molecule has 1 aromatic carbocycles. The predicted octanol–water partition coefficient (Wildman–Crippen LogP) is 0.515. The fraction of sp³-hybridized carbons (Fsp3) is 0. The number of nitrogens with one attached hydrogen (secondary N) is 1. The third-order valence-corrected chi connectivity index (χ3v) is 3.25. The molecule has 0 fully saturated rings. The van der Waals surface area contributed by atoms with Gasteiger partial charge >= 0.3 is 16.7 Å². The average Bonchev–Trinajstić information content (AvgIpc) is 2.39. The Balaban J connectivity index is 2.20. The molecule has 8 heteroatoms. The van der Waals surface area contributed by atoms with E-state index < -0.39 is 0 Å². The number of nitrogen functional groups attached to an aromatic ring is 1. The first-order chi connectivity index (χ1) is 9.13. The summed E-state index contributed by atoms with van der Waals surface area (Å²) in [7, 11) is 0. The highest BCUT2D eigenvalue weighted by molar-refractivity contribution is 7.11. The highest BCUT2D eigenvalue weighted by Gasteiger charge is 2.17. The molecule has 0 aromatic heterocycles. The lowest BCUT2D eigenvalue weighted by atomic mass is 10.2. The van der Waals surface area contributed by atoms with E-state index in [4.69, 9.17) is 11.1 Å². The Labute approximate surface area is 110 Å². The standard InChI is InChI=1S/C11H8FN6S/c12-7-3-1-6(2-4-7)8-5-19-11-16-9(13)15-10(14)18(11)17-8/h1-5H,(H3,13,14,15)/q+1. The Kier molecular flexibility index (Phi) is 2.64. The smallest absolute Gasteiger partial charge is 0.346 e. The summed E-state index contributed by atoms with van der Waals surface area (Å²) in [5.74, 6) is -0.268. The number of aromatic nitrogens is 4. The fourth-order valence-corrected chi connectivity index (χ4v) is 2.34. The molecule has 0 spiro atoms. The number of rotatable bonds is 1. The topological polar surface area (TPSA) is 92.4 Å². The van der Waals surface area contributed by atoms with Crippen molar-refractivity contribution in [2.45, 2.75) is 0 Å². The van der Waals surface area contributed by atoms with Gasteiger partial charge < -0.3 is 5.73 Å². The Bertz CT molecular complexity index is 769. The molecule has 2 aliphatic rings. The van der Waals surface area contributed by atoms with Gasteiger partial charge in [-0.15, -0.1) is 5.10 Å². The van der Waals surface area contributed by atoms with Crippen LogP contribution in [-0.2, 0) is 0 Å². The molecule has 3 N–H and O–H groups in total. The van der Waals surface area contributed by atoms with Crippen molar-refractivity contribution in [2.75, 3.05) is 5.73 Å². The van der Waals surface area contributed by atoms with Crippen molar-refractivity contribution in [3.8, 4) is 16.4 Å². The molecule has 1 aromatic rings. The molecule has 3 rings (SSSR count). The third kappa shape index (κ3) is 2.13. The number of hydrogen-bond acceptors (Lipinski definition) is 6. The fourth-order valence-electron chi connectivity index (χ4n) is 1.57. The van der Waals surface area contributed by atoms with Crippen molar-refractivity contribution >= 4 is 17.3 Å². The molecule has 0 aliphatic carbocycles. The lowest BCUT2D eigenvalue weighted by Crippen LogP contribution is -2.53. The molecule has 19 heavy (non-hydrogen) atoms. The van der Waals surface area contributed by atoms with Crippen molar-refractivity contribution in [1.82, 2.24) is 15.1 Å². The number of nitrogens with zero attached hydrogens (tertiary/aromatic N) is 4. The first-order valence-electron chi connectivity index (χ1n) is 5.29. The Morgan fingerprint density at radius 2 is 1.95 bits per heavy atom. The van der Waals surface area contributed by atoms with Crippen LogP contribution in [0.15, 0.2) is 29.6 Å². The molecule has 2 heterocycles. The van der Waals surface area contributed by atoms with Crippen molar-refractivity contribution in [1.29, 1.82) is 5.41 Å². The zero-order valence-corrected chi connectivity index (χ0v) is 10.4. The van der Waals surface area contributed by atoms with Gasteiger partial charge in [-0.05, 0) is 24.3 Å². The summed E-state index contributed by atoms with van der Waals surface area (Å²) >= 11 is 1.29. The van der Waals surface area contributed by atoms with Gasteiger partial charge in [-0.3, -0.25) is 0 Å². The number of anilines is 1. The second kappa shape index (κ2) is 4.32. The van der Waals surface area contributed by atoms with Gasteiger partial charge in [0.05, 0.1) is 0 Å². The van der Waals surface area contributed by atoms with Gasteiger partial charge in [-0.1, -0.05) is 26.0 Å². The van der Waals surface area contributed by atoms with E-state index in [1.54, 1.807) is 17.5 Å². The zero-order valence-electron chi connectivity index (χ0n) is 9.54. The van der Waals surface area contributed by atoms with Gasteiger partial charge in [0.1, 0.15) is 11.5 Å². The zero-order chi connectivity index (χ0) is 13.4. The van der Waals surface area contributed by atoms with Crippen LogP contribution in [0.5, 0.6) is 0 Å². The van der Waals surface area contributed by atoms with Crippen molar-refractivity contribution in [2.24, 2.45) is 0 Å². The molecule has 0 bridgehead atoms. The summed E-state index contributed by atoms with van der Waals surface area (Å²) in [4.78, 5) is 7.72. The van der Waals surface area contributed by atoms with Crippen LogP contribution in [0.1, 0.15) is 0 Å². The molecule has 0 unspecified atom stereocenters. The number of fused-ring (bicyclic) bond motifs is 1. The molecule has 0 saturated carbocycles. The first kappa shape index (κ1) is 11.6. The van der Waals surface area contributed by atoms with Crippen LogP contribution in [0.2, 0.25) is 0 Å². The molecule has 6 nitrogen and oxygen atoms in total. The number of hydrogen-bond donors (Lipinski definition) is 2. The summed E-state index contributed by atoms with van der Waals surface area (Å²) in [6.45, 7) is 0. The Hall–Kier alpha value is -2.48. The minimum atomic E-state index is -0.307. The van der Waals surface area contributed by atoms with E-state index in [1.807, 2.05) is 0 Å². The summed E-state index contributed by atoms with van der Waals surface area (Å²) in [5, 5.41) is 14.2. The van der Waals surface area contributed by atoms with E-state index >= 15 is 0 Å². The van der Waals surface area contributed by atoms with E-state index in [1.165, 1.54) is 28.2 Å². The second-order valence-corrected chi connectivity index (χ2v) is 4.56. The quantitative estimate of drug-likeness (QED) is 0.633. The van der Waals surface area contributed by atoms with Crippen molar-refractivity contribution in [3.63, 3.8) is 0 Å². The number of benzene rings is 1. The molecule has 94 valence electrons. The highest BCUT2D eigenvalue weighted by Crippen LogP contribution is 2.18. The van der Waals surface area contributed by atoms with E-state index in [0.717, 1.165) is 5.56 Å². The number of nitrogens with two attached hydrogens (primary N) is 1. The average molecular weight is 275 g/mol. The van der Waals surface area contributed by atoms with Crippen LogP contribution in [0.4, 0.5) is 10.3 Å². The van der Waals surface area contributed by atoms with Crippen molar-refractivity contribution < 1.29 is 9.07 Å². The first-order valence-corrected chi connectivity index (χ1v) is 6.17. The normalized spacial score (nSPS) is 10.8. The monoisotopic (exact) mass is 275 g/mol. The summed E-state index contributed by atoms with van der Waals surface area (Å²) < 4.78 is 14.2. The summed E-state index contributed by atoms with van der Waals surface area (Å²) in [5.41, 5.74) is 6.75. The lowest BCUT2D eigenvalue weighted by molar-refractivity contribution is -0.680. The number of halogens is 1. The maximum Gasteiger partial charge on any atom is 0.406 e. The van der Waals surface area contributed by atoms with E-state index in [9.17, 15) is 4.39 Å². The maximum absolute atomic E-state index is 12.9. The molecule has 0 atom stereocenters. The lowest BCUT2D eigenvalue weighted by Gasteiger charge is -2.03. The van der Waals surface area contributed by atoms with E-state index in [2.05, 4.69) is 15.1 Å².